The van der Waals surface area contributed by atoms with Gasteiger partial charge >= 0.3 is 5.97 Å². The molecule has 0 aliphatic heterocycles. The summed E-state index contributed by atoms with van der Waals surface area (Å²) in [5, 5.41) is 21.5. The van der Waals surface area contributed by atoms with Gasteiger partial charge in [0.05, 0.1) is 5.69 Å². The lowest BCUT2D eigenvalue weighted by molar-refractivity contribution is -0.135. The Morgan fingerprint density at radius 1 is 0.967 bits per heavy atom. The smallest absolute Gasteiger partial charge is 0.322 e. The van der Waals surface area contributed by atoms with Crippen LogP contribution in [0.3, 0.4) is 0 Å². The number of carboxylic acids is 1. The molecule has 7 heteroatoms. The van der Waals surface area contributed by atoms with Crippen LogP contribution in [-0.4, -0.2) is 38.6 Å². The Morgan fingerprint density at radius 2 is 1.63 bits per heavy atom. The van der Waals surface area contributed by atoms with Crippen molar-refractivity contribution in [2.45, 2.75) is 25.2 Å². The zero-order chi connectivity index (χ0) is 21.1. The third kappa shape index (κ3) is 4.46. The molecule has 152 valence electrons. The Labute approximate surface area is 173 Å². The second kappa shape index (κ2) is 8.32. The molecule has 1 saturated carbocycles. The summed E-state index contributed by atoms with van der Waals surface area (Å²) in [5.74, 6) is -1.62. The third-order valence-corrected chi connectivity index (χ3v) is 4.96. The van der Waals surface area contributed by atoms with Crippen LogP contribution in [0.1, 0.15) is 46.3 Å². The van der Waals surface area contributed by atoms with Crippen LogP contribution in [0.4, 0.5) is 0 Å². The average Bonchev–Trinajstić information content (AvgIpc) is 3.59. The van der Waals surface area contributed by atoms with Crippen molar-refractivity contribution in [3.05, 3.63) is 77.4 Å². The first kappa shape index (κ1) is 19.6. The first-order chi connectivity index (χ1) is 14.5. The molecule has 0 spiro atoms. The van der Waals surface area contributed by atoms with Crippen LogP contribution in [0.15, 0.2) is 54.6 Å². The van der Waals surface area contributed by atoms with Crippen molar-refractivity contribution in [3.8, 4) is 16.9 Å². The summed E-state index contributed by atoms with van der Waals surface area (Å²) in [5.41, 5.74) is 3.47. The predicted molar refractivity (Wildman–Crippen MR) is 110 cm³/mol. The Kier molecular flexibility index (Phi) is 5.43. The van der Waals surface area contributed by atoms with Crippen molar-refractivity contribution in [1.82, 2.24) is 15.3 Å². The van der Waals surface area contributed by atoms with Gasteiger partial charge in [-0.05, 0) is 29.5 Å². The van der Waals surface area contributed by atoms with Crippen LogP contribution < -0.4 is 5.32 Å². The number of rotatable bonds is 7. The normalized spacial score (nSPS) is 13.1. The van der Waals surface area contributed by atoms with Crippen molar-refractivity contribution >= 4 is 11.9 Å². The molecule has 1 amide bonds. The van der Waals surface area contributed by atoms with Gasteiger partial charge < -0.3 is 15.5 Å². The first-order valence-electron chi connectivity index (χ1n) is 9.75. The largest absolute Gasteiger partial charge is 0.504 e. The summed E-state index contributed by atoms with van der Waals surface area (Å²) >= 11 is 0. The molecule has 30 heavy (non-hydrogen) atoms. The highest BCUT2D eigenvalue weighted by Crippen LogP contribution is 2.43. The van der Waals surface area contributed by atoms with Crippen molar-refractivity contribution in [1.29, 1.82) is 0 Å². The lowest BCUT2D eigenvalue weighted by Crippen LogP contribution is -2.30. The zero-order valence-corrected chi connectivity index (χ0v) is 16.2. The molecule has 1 aliphatic carbocycles. The van der Waals surface area contributed by atoms with Gasteiger partial charge in [-0.1, -0.05) is 54.6 Å². The Morgan fingerprint density at radius 3 is 2.27 bits per heavy atom. The minimum Gasteiger partial charge on any atom is -0.504 e. The van der Waals surface area contributed by atoms with Gasteiger partial charge in [-0.15, -0.1) is 0 Å². The van der Waals surface area contributed by atoms with Gasteiger partial charge in [-0.2, -0.15) is 0 Å². The Bertz CT molecular complexity index is 1080. The summed E-state index contributed by atoms with van der Waals surface area (Å²) < 4.78 is 0. The van der Waals surface area contributed by atoms with Crippen LogP contribution in [0.25, 0.3) is 11.1 Å². The van der Waals surface area contributed by atoms with E-state index in [-0.39, 0.29) is 17.4 Å². The maximum Gasteiger partial charge on any atom is 0.322 e. The summed E-state index contributed by atoms with van der Waals surface area (Å²) in [6.07, 6.45) is 2.19. The summed E-state index contributed by atoms with van der Waals surface area (Å²) in [7, 11) is 0. The van der Waals surface area contributed by atoms with Gasteiger partial charge in [-0.25, -0.2) is 9.97 Å². The number of carboxylic acid groups (broad SMARTS) is 1. The van der Waals surface area contributed by atoms with E-state index in [1.807, 2.05) is 54.6 Å². The second-order valence-corrected chi connectivity index (χ2v) is 7.31. The van der Waals surface area contributed by atoms with Gasteiger partial charge in [0.15, 0.2) is 11.4 Å². The van der Waals surface area contributed by atoms with Gasteiger partial charge in [0, 0.05) is 12.3 Å². The number of carbonyl (C=O) groups is 2. The molecule has 2 aromatic carbocycles. The fourth-order valence-electron chi connectivity index (χ4n) is 3.27. The topological polar surface area (TPSA) is 112 Å². The fourth-order valence-corrected chi connectivity index (χ4v) is 3.27. The van der Waals surface area contributed by atoms with E-state index in [4.69, 9.17) is 5.11 Å². The number of amides is 1. The minimum absolute atomic E-state index is 0.109. The minimum atomic E-state index is -1.17. The highest BCUT2D eigenvalue weighted by Gasteiger charge is 2.31. The molecule has 3 N–H and O–H groups in total. The van der Waals surface area contributed by atoms with Crippen molar-refractivity contribution < 1.29 is 19.8 Å². The highest BCUT2D eigenvalue weighted by atomic mass is 16.4. The molecule has 0 unspecified atom stereocenters. The number of carbonyl (C=O) groups excluding carboxylic acids is 1. The number of nitrogens with one attached hydrogen (secondary N) is 1. The number of aliphatic carboxylic acids is 1. The van der Waals surface area contributed by atoms with Crippen molar-refractivity contribution in [2.75, 3.05) is 6.54 Å². The Hall–Kier alpha value is -3.74. The second-order valence-electron chi connectivity index (χ2n) is 7.31. The van der Waals surface area contributed by atoms with Crippen LogP contribution in [-0.2, 0) is 11.2 Å². The van der Waals surface area contributed by atoms with E-state index >= 15 is 0 Å². The van der Waals surface area contributed by atoms with E-state index in [0.29, 0.717) is 17.9 Å². The van der Waals surface area contributed by atoms with Gasteiger partial charge in [0.2, 0.25) is 0 Å². The SMILES string of the molecule is O=C(O)CNC(=O)c1nc(Cc2ccc(-c3ccccc3)cc2)nc(C2CC2)c1O. The van der Waals surface area contributed by atoms with E-state index in [9.17, 15) is 14.7 Å². The predicted octanol–water partition coefficient (Wildman–Crippen LogP) is 3.13. The van der Waals surface area contributed by atoms with Crippen LogP contribution in [0.5, 0.6) is 5.75 Å². The summed E-state index contributed by atoms with van der Waals surface area (Å²) in [6.45, 7) is -0.544. The highest BCUT2D eigenvalue weighted by molar-refractivity contribution is 5.96. The average molecular weight is 403 g/mol. The maximum atomic E-state index is 12.3. The van der Waals surface area contributed by atoms with Crippen LogP contribution in [0.2, 0.25) is 0 Å². The molecule has 1 heterocycles. The van der Waals surface area contributed by atoms with Crippen molar-refractivity contribution in [2.24, 2.45) is 0 Å². The zero-order valence-electron chi connectivity index (χ0n) is 16.2. The number of aromatic hydroxyl groups is 1. The third-order valence-electron chi connectivity index (χ3n) is 4.96. The molecule has 4 rings (SSSR count). The maximum absolute atomic E-state index is 12.3. The molecule has 3 aromatic rings. The summed E-state index contributed by atoms with van der Waals surface area (Å²) in [4.78, 5) is 31.8. The quantitative estimate of drug-likeness (QED) is 0.559. The molecule has 1 fully saturated rings. The fraction of sp³-hybridized carbons (Fsp3) is 0.217. The molecule has 0 saturated heterocycles. The number of benzene rings is 2. The van der Waals surface area contributed by atoms with Crippen LogP contribution in [0, 0.1) is 0 Å². The van der Waals surface area contributed by atoms with E-state index in [1.165, 1.54) is 0 Å². The van der Waals surface area contributed by atoms with E-state index in [1.54, 1.807) is 0 Å². The molecule has 1 aliphatic rings. The molecular formula is C23H21N3O4. The standard InChI is InChI=1S/C23H21N3O4/c27-19(28)13-24-23(30)21-22(29)20(17-10-11-17)25-18(26-21)12-14-6-8-16(9-7-14)15-4-2-1-3-5-15/h1-9,17,29H,10-13H2,(H,24,30)(H,27,28). The molecule has 0 atom stereocenters. The van der Waals surface area contributed by atoms with Crippen molar-refractivity contribution in [3.63, 3.8) is 0 Å². The van der Waals surface area contributed by atoms with E-state index in [2.05, 4.69) is 15.3 Å². The number of nitrogens with zero attached hydrogens (tertiary/aromatic N) is 2. The van der Waals surface area contributed by atoms with Gasteiger partial charge in [-0.3, -0.25) is 9.59 Å². The molecule has 1 aromatic heterocycles. The van der Waals surface area contributed by atoms with E-state index in [0.717, 1.165) is 29.5 Å². The van der Waals surface area contributed by atoms with E-state index < -0.39 is 18.4 Å². The van der Waals surface area contributed by atoms with Gasteiger partial charge in [0.25, 0.3) is 5.91 Å². The summed E-state index contributed by atoms with van der Waals surface area (Å²) in [6, 6.07) is 18.1. The first-order valence-corrected chi connectivity index (χ1v) is 9.75. The Balaban J connectivity index is 1.59. The molecule has 0 radical (unpaired) electrons. The van der Waals surface area contributed by atoms with Gasteiger partial charge in [0.1, 0.15) is 12.4 Å². The van der Waals surface area contributed by atoms with Crippen LogP contribution >= 0.6 is 0 Å². The number of hydrogen-bond acceptors (Lipinski definition) is 5. The number of hydrogen-bond donors (Lipinski definition) is 3. The number of aromatic nitrogens is 2. The molecule has 7 nitrogen and oxygen atoms in total. The molecule has 0 bridgehead atoms. The monoisotopic (exact) mass is 403 g/mol. The lowest BCUT2D eigenvalue weighted by Gasteiger charge is -2.11. The lowest BCUT2D eigenvalue weighted by atomic mass is 10.0. The molecular weight excluding hydrogens is 382 g/mol.